The van der Waals surface area contributed by atoms with Crippen molar-refractivity contribution in [3.63, 3.8) is 0 Å². The molecule has 6 heteroatoms. The zero-order valence-electron chi connectivity index (χ0n) is 14.4. The van der Waals surface area contributed by atoms with Crippen LogP contribution in [0.4, 0.5) is 0 Å². The molecule has 0 aliphatic heterocycles. The maximum absolute atomic E-state index is 5.44. The monoisotopic (exact) mass is 459 g/mol. The Morgan fingerprint density at radius 2 is 2.00 bits per heavy atom. The van der Waals surface area contributed by atoms with E-state index in [-0.39, 0.29) is 24.0 Å². The predicted octanol–water partition coefficient (Wildman–Crippen LogP) is 4.23. The summed E-state index contributed by atoms with van der Waals surface area (Å²) < 4.78 is 5.44. The van der Waals surface area contributed by atoms with Crippen LogP contribution in [0.3, 0.4) is 0 Å². The molecule has 0 spiro atoms. The van der Waals surface area contributed by atoms with Crippen LogP contribution < -0.4 is 15.4 Å². The molecule has 0 saturated carbocycles. The second-order valence-electron chi connectivity index (χ2n) is 5.30. The number of methoxy groups -OCH3 is 1. The van der Waals surface area contributed by atoms with Crippen molar-refractivity contribution in [2.75, 3.05) is 20.2 Å². The first-order valence-electron chi connectivity index (χ1n) is 7.92. The molecule has 132 valence electrons. The maximum atomic E-state index is 5.44. The predicted molar refractivity (Wildman–Crippen MR) is 114 cm³/mol. The van der Waals surface area contributed by atoms with Gasteiger partial charge in [0.1, 0.15) is 5.75 Å². The number of nitrogens with zero attached hydrogens (tertiary/aromatic N) is 1. The number of para-hydroxylation sites is 1. The van der Waals surface area contributed by atoms with Gasteiger partial charge in [-0.2, -0.15) is 0 Å². The highest BCUT2D eigenvalue weighted by Gasteiger charge is 2.11. The average molecular weight is 459 g/mol. The Hall–Kier alpha value is -1.28. The minimum absolute atomic E-state index is 0. The second-order valence-corrected chi connectivity index (χ2v) is 6.33. The van der Waals surface area contributed by atoms with Crippen molar-refractivity contribution in [1.29, 1.82) is 0 Å². The summed E-state index contributed by atoms with van der Waals surface area (Å²) in [6.07, 6.45) is 0. The molecule has 1 heterocycles. The summed E-state index contributed by atoms with van der Waals surface area (Å²) in [6.45, 7) is 6.62. The van der Waals surface area contributed by atoms with Crippen LogP contribution in [0.25, 0.3) is 0 Å². The van der Waals surface area contributed by atoms with E-state index in [1.54, 1.807) is 18.4 Å². The summed E-state index contributed by atoms with van der Waals surface area (Å²) in [4.78, 5) is 5.90. The largest absolute Gasteiger partial charge is 0.496 e. The molecule has 2 N–H and O–H groups in total. The van der Waals surface area contributed by atoms with Crippen molar-refractivity contribution in [3.8, 4) is 5.75 Å². The van der Waals surface area contributed by atoms with Gasteiger partial charge in [0.2, 0.25) is 0 Å². The molecule has 4 nitrogen and oxygen atoms in total. The van der Waals surface area contributed by atoms with Gasteiger partial charge in [0, 0.05) is 23.9 Å². The Morgan fingerprint density at radius 3 is 2.67 bits per heavy atom. The summed E-state index contributed by atoms with van der Waals surface area (Å²) in [6, 6.07) is 12.3. The van der Waals surface area contributed by atoms with Gasteiger partial charge in [0.15, 0.2) is 5.96 Å². The third-order valence-electron chi connectivity index (χ3n) is 3.56. The molecule has 1 atom stereocenters. The molecule has 1 aromatic heterocycles. The van der Waals surface area contributed by atoms with Gasteiger partial charge in [0.05, 0.1) is 13.7 Å². The Bertz CT molecular complexity index is 616. The van der Waals surface area contributed by atoms with Crippen LogP contribution in [0.1, 0.15) is 30.2 Å². The number of nitrogens with one attached hydrogen (secondary N) is 2. The van der Waals surface area contributed by atoms with Crippen LogP contribution in [-0.2, 0) is 6.54 Å². The Labute approximate surface area is 165 Å². The van der Waals surface area contributed by atoms with Crippen LogP contribution in [0.15, 0.2) is 46.8 Å². The van der Waals surface area contributed by atoms with Gasteiger partial charge in [0.25, 0.3) is 0 Å². The summed E-state index contributed by atoms with van der Waals surface area (Å²) in [5.74, 6) is 2.11. The Balaban J connectivity index is 0.00000288. The van der Waals surface area contributed by atoms with Crippen LogP contribution >= 0.6 is 35.3 Å². The fourth-order valence-electron chi connectivity index (χ4n) is 2.33. The number of hydrogen-bond acceptors (Lipinski definition) is 3. The lowest BCUT2D eigenvalue weighted by atomic mass is 10.0. The van der Waals surface area contributed by atoms with Gasteiger partial charge in [-0.15, -0.1) is 35.3 Å². The first kappa shape index (κ1) is 20.8. The van der Waals surface area contributed by atoms with Gasteiger partial charge in [-0.1, -0.05) is 31.2 Å². The van der Waals surface area contributed by atoms with Crippen molar-refractivity contribution in [2.24, 2.45) is 4.99 Å². The maximum Gasteiger partial charge on any atom is 0.191 e. The molecule has 1 unspecified atom stereocenters. The molecule has 0 aliphatic rings. The molecule has 0 radical (unpaired) electrons. The number of thiophene rings is 1. The Morgan fingerprint density at radius 1 is 1.21 bits per heavy atom. The number of ether oxygens (including phenoxy) is 1. The van der Waals surface area contributed by atoms with Crippen LogP contribution in [0, 0.1) is 0 Å². The van der Waals surface area contributed by atoms with Crippen LogP contribution in [0.2, 0.25) is 0 Å². The molecule has 24 heavy (non-hydrogen) atoms. The summed E-state index contributed by atoms with van der Waals surface area (Å²) in [5.41, 5.74) is 1.21. The zero-order chi connectivity index (χ0) is 16.5. The number of benzene rings is 1. The number of halogens is 1. The lowest BCUT2D eigenvalue weighted by Gasteiger charge is -2.18. The highest BCUT2D eigenvalue weighted by atomic mass is 127. The lowest BCUT2D eigenvalue weighted by Crippen LogP contribution is -2.39. The number of guanidine groups is 1. The third kappa shape index (κ3) is 6.32. The van der Waals surface area contributed by atoms with Crippen molar-refractivity contribution < 1.29 is 4.74 Å². The summed E-state index contributed by atoms with van der Waals surface area (Å²) in [7, 11) is 1.71. The SMILES string of the molecule is CCNC(=NCc1cccs1)NCC(C)c1ccccc1OC.I. The number of hydrogen-bond donors (Lipinski definition) is 2. The molecular formula is C18H26IN3OS. The fourth-order valence-corrected chi connectivity index (χ4v) is 2.96. The van der Waals surface area contributed by atoms with Crippen molar-refractivity contribution >= 4 is 41.3 Å². The topological polar surface area (TPSA) is 45.7 Å². The summed E-state index contributed by atoms with van der Waals surface area (Å²) in [5, 5.41) is 8.79. The van der Waals surface area contributed by atoms with E-state index in [2.05, 4.69) is 53.1 Å². The molecule has 1 aromatic carbocycles. The molecule has 0 bridgehead atoms. The average Bonchev–Trinajstić information content (AvgIpc) is 3.10. The highest BCUT2D eigenvalue weighted by Crippen LogP contribution is 2.25. The highest BCUT2D eigenvalue weighted by molar-refractivity contribution is 14.0. The molecule has 0 fully saturated rings. The fraction of sp³-hybridized carbons (Fsp3) is 0.389. The molecule has 0 saturated heterocycles. The van der Waals surface area contributed by atoms with E-state index in [9.17, 15) is 0 Å². The van der Waals surface area contributed by atoms with E-state index in [4.69, 9.17) is 4.74 Å². The smallest absolute Gasteiger partial charge is 0.191 e. The minimum atomic E-state index is 0. The number of rotatable bonds is 7. The van der Waals surface area contributed by atoms with E-state index in [0.717, 1.165) is 24.8 Å². The van der Waals surface area contributed by atoms with Gasteiger partial charge in [-0.05, 0) is 30.0 Å². The van der Waals surface area contributed by atoms with Crippen molar-refractivity contribution in [2.45, 2.75) is 26.3 Å². The summed E-state index contributed by atoms with van der Waals surface area (Å²) >= 11 is 1.73. The molecule has 2 rings (SSSR count). The normalized spacial score (nSPS) is 12.2. The molecule has 0 aliphatic carbocycles. The standard InChI is InChI=1S/C18H25N3OS.HI/c1-4-19-18(21-13-15-8-7-11-23-15)20-12-14(2)16-9-5-6-10-17(16)22-3;/h5-11,14H,4,12-13H2,1-3H3,(H2,19,20,21);1H. The zero-order valence-corrected chi connectivity index (χ0v) is 17.6. The first-order valence-corrected chi connectivity index (χ1v) is 8.80. The first-order chi connectivity index (χ1) is 11.2. The van der Waals surface area contributed by atoms with E-state index in [0.29, 0.717) is 12.5 Å². The van der Waals surface area contributed by atoms with E-state index in [1.165, 1.54) is 10.4 Å². The van der Waals surface area contributed by atoms with Crippen molar-refractivity contribution in [1.82, 2.24) is 10.6 Å². The van der Waals surface area contributed by atoms with E-state index >= 15 is 0 Å². The van der Waals surface area contributed by atoms with Gasteiger partial charge in [-0.3, -0.25) is 0 Å². The minimum Gasteiger partial charge on any atom is -0.496 e. The second kappa shape index (κ2) is 11.3. The van der Waals surface area contributed by atoms with Gasteiger partial charge >= 0.3 is 0 Å². The number of aliphatic imine (C=N–C) groups is 1. The van der Waals surface area contributed by atoms with E-state index < -0.39 is 0 Å². The molecule has 0 amide bonds. The molecular weight excluding hydrogens is 433 g/mol. The van der Waals surface area contributed by atoms with E-state index in [1.807, 2.05) is 18.2 Å². The van der Waals surface area contributed by atoms with Gasteiger partial charge in [-0.25, -0.2) is 4.99 Å². The molecule has 2 aromatic rings. The Kier molecular flexibility index (Phi) is 9.78. The lowest BCUT2D eigenvalue weighted by molar-refractivity contribution is 0.406. The quantitative estimate of drug-likeness (QED) is 0.370. The van der Waals surface area contributed by atoms with Gasteiger partial charge < -0.3 is 15.4 Å². The third-order valence-corrected chi connectivity index (χ3v) is 4.42. The van der Waals surface area contributed by atoms with Crippen LogP contribution in [-0.4, -0.2) is 26.2 Å². The van der Waals surface area contributed by atoms with Crippen LogP contribution in [0.5, 0.6) is 5.75 Å². The van der Waals surface area contributed by atoms with Crippen molar-refractivity contribution in [3.05, 3.63) is 52.2 Å².